The van der Waals surface area contributed by atoms with Crippen molar-refractivity contribution in [1.29, 1.82) is 0 Å². The molecule has 0 amide bonds. The highest BCUT2D eigenvalue weighted by atomic mass is 16.4. The molecule has 58 valence electrons. The second-order valence-corrected chi connectivity index (χ2v) is 1.92. The SMILES string of the molecule is C/N=N/CCCCC(=O)O. The zero-order valence-electron chi connectivity index (χ0n) is 6.08. The summed E-state index contributed by atoms with van der Waals surface area (Å²) in [5.41, 5.74) is 0. The molecule has 0 aliphatic heterocycles. The van der Waals surface area contributed by atoms with Crippen LogP contribution in [0, 0.1) is 0 Å². The third-order valence-electron chi connectivity index (χ3n) is 1.04. The van der Waals surface area contributed by atoms with Gasteiger partial charge in [-0.1, -0.05) is 0 Å². The molecular formula is C6H12N2O2. The normalized spacial score (nSPS) is 10.5. The minimum Gasteiger partial charge on any atom is -0.481 e. The van der Waals surface area contributed by atoms with Crippen LogP contribution in [0.5, 0.6) is 0 Å². The van der Waals surface area contributed by atoms with Crippen molar-refractivity contribution in [3.63, 3.8) is 0 Å². The molecule has 1 N–H and O–H groups in total. The van der Waals surface area contributed by atoms with Crippen LogP contribution in [-0.4, -0.2) is 24.7 Å². The van der Waals surface area contributed by atoms with Crippen molar-refractivity contribution in [2.45, 2.75) is 19.3 Å². The van der Waals surface area contributed by atoms with Gasteiger partial charge in [-0.15, -0.1) is 0 Å². The van der Waals surface area contributed by atoms with Crippen LogP contribution in [0.1, 0.15) is 19.3 Å². The molecule has 0 aliphatic rings. The molecule has 0 fully saturated rings. The summed E-state index contributed by atoms with van der Waals surface area (Å²) in [5.74, 6) is -0.742. The van der Waals surface area contributed by atoms with E-state index >= 15 is 0 Å². The Morgan fingerprint density at radius 1 is 1.50 bits per heavy atom. The molecule has 0 saturated heterocycles. The maximum absolute atomic E-state index is 9.98. The van der Waals surface area contributed by atoms with Gasteiger partial charge in [0.2, 0.25) is 0 Å². The largest absolute Gasteiger partial charge is 0.481 e. The third-order valence-corrected chi connectivity index (χ3v) is 1.04. The molecule has 0 unspecified atom stereocenters. The van der Waals surface area contributed by atoms with E-state index in [9.17, 15) is 4.79 Å². The second-order valence-electron chi connectivity index (χ2n) is 1.92. The Morgan fingerprint density at radius 2 is 2.20 bits per heavy atom. The number of nitrogens with zero attached hydrogens (tertiary/aromatic N) is 2. The zero-order valence-corrected chi connectivity index (χ0v) is 6.08. The molecular weight excluding hydrogens is 132 g/mol. The van der Waals surface area contributed by atoms with Crippen molar-refractivity contribution in [1.82, 2.24) is 0 Å². The number of rotatable bonds is 5. The molecule has 4 nitrogen and oxygen atoms in total. The molecule has 0 rings (SSSR count). The third kappa shape index (κ3) is 7.07. The lowest BCUT2D eigenvalue weighted by Gasteiger charge is -1.90. The summed E-state index contributed by atoms with van der Waals surface area (Å²) in [5, 5.41) is 15.4. The molecule has 4 heteroatoms. The molecule has 0 aromatic carbocycles. The fourth-order valence-electron chi connectivity index (χ4n) is 0.559. The number of carboxylic acids is 1. The summed E-state index contributed by atoms with van der Waals surface area (Å²) in [6.07, 6.45) is 1.73. The van der Waals surface area contributed by atoms with Crippen LogP contribution in [0.15, 0.2) is 10.2 Å². The number of hydrogen-bond acceptors (Lipinski definition) is 3. The maximum atomic E-state index is 9.98. The summed E-state index contributed by atoms with van der Waals surface area (Å²) >= 11 is 0. The standard InChI is InChI=1S/C6H12N2O2/c1-7-8-5-3-2-4-6(9)10/h2-5H2,1H3,(H,9,10)/b8-7+. The van der Waals surface area contributed by atoms with Crippen LogP contribution in [0.3, 0.4) is 0 Å². The predicted octanol–water partition coefficient (Wildman–Crippen LogP) is 1.32. The summed E-state index contributed by atoms with van der Waals surface area (Å²) in [6, 6.07) is 0. The lowest BCUT2D eigenvalue weighted by molar-refractivity contribution is -0.137. The van der Waals surface area contributed by atoms with E-state index in [0.717, 1.165) is 6.42 Å². The van der Waals surface area contributed by atoms with Crippen LogP contribution in [0.2, 0.25) is 0 Å². The number of azo groups is 1. The Balaban J connectivity index is 2.98. The molecule has 0 bridgehead atoms. The summed E-state index contributed by atoms with van der Waals surface area (Å²) in [4.78, 5) is 9.98. The molecule has 0 aromatic heterocycles. The fourth-order valence-corrected chi connectivity index (χ4v) is 0.559. The van der Waals surface area contributed by atoms with Crippen molar-refractivity contribution < 1.29 is 9.90 Å². The van der Waals surface area contributed by atoms with Crippen LogP contribution in [0.4, 0.5) is 0 Å². The zero-order chi connectivity index (χ0) is 7.82. The molecule has 0 aromatic rings. The Labute approximate surface area is 60.0 Å². The molecule has 0 spiro atoms. The van der Waals surface area contributed by atoms with Crippen LogP contribution < -0.4 is 0 Å². The lowest BCUT2D eigenvalue weighted by Crippen LogP contribution is -1.94. The van der Waals surface area contributed by atoms with E-state index in [1.54, 1.807) is 7.05 Å². The maximum Gasteiger partial charge on any atom is 0.303 e. The van der Waals surface area contributed by atoms with Gasteiger partial charge in [-0.2, -0.15) is 10.2 Å². The van der Waals surface area contributed by atoms with Crippen molar-refractivity contribution in [3.8, 4) is 0 Å². The highest BCUT2D eigenvalue weighted by molar-refractivity contribution is 5.66. The fraction of sp³-hybridized carbons (Fsp3) is 0.833. The summed E-state index contributed by atoms with van der Waals surface area (Å²) in [6.45, 7) is 0.643. The topological polar surface area (TPSA) is 62.0 Å². The van der Waals surface area contributed by atoms with E-state index in [4.69, 9.17) is 5.11 Å². The van der Waals surface area contributed by atoms with Gasteiger partial charge in [0.25, 0.3) is 0 Å². The Bertz CT molecular complexity index is 123. The monoisotopic (exact) mass is 144 g/mol. The van der Waals surface area contributed by atoms with Gasteiger partial charge < -0.3 is 5.11 Å². The van der Waals surface area contributed by atoms with E-state index in [1.807, 2.05) is 0 Å². The molecule has 0 radical (unpaired) electrons. The average molecular weight is 144 g/mol. The first-order valence-electron chi connectivity index (χ1n) is 3.24. The summed E-state index contributed by atoms with van der Waals surface area (Å²) < 4.78 is 0. The van der Waals surface area contributed by atoms with Gasteiger partial charge in [-0.25, -0.2) is 0 Å². The molecule has 0 atom stereocenters. The van der Waals surface area contributed by atoms with E-state index in [1.165, 1.54) is 0 Å². The Hall–Kier alpha value is -0.930. The minimum absolute atomic E-state index is 0.235. The van der Waals surface area contributed by atoms with Gasteiger partial charge in [0.1, 0.15) is 0 Å². The number of carboxylic acid groups (broad SMARTS) is 1. The van der Waals surface area contributed by atoms with Gasteiger partial charge in [0.15, 0.2) is 0 Å². The van der Waals surface area contributed by atoms with Crippen LogP contribution in [0.25, 0.3) is 0 Å². The smallest absolute Gasteiger partial charge is 0.303 e. The second kappa shape index (κ2) is 6.19. The van der Waals surface area contributed by atoms with Gasteiger partial charge in [-0.05, 0) is 12.8 Å². The molecule has 0 saturated carbocycles. The molecule has 0 heterocycles. The average Bonchev–Trinajstić information content (AvgIpc) is 1.87. The van der Waals surface area contributed by atoms with Gasteiger partial charge in [-0.3, -0.25) is 4.79 Å². The van der Waals surface area contributed by atoms with Crippen LogP contribution >= 0.6 is 0 Å². The quantitative estimate of drug-likeness (QED) is 0.467. The van der Waals surface area contributed by atoms with Crippen molar-refractivity contribution in [2.24, 2.45) is 10.2 Å². The van der Waals surface area contributed by atoms with Gasteiger partial charge in [0.05, 0.1) is 6.54 Å². The number of hydrogen-bond donors (Lipinski definition) is 1. The van der Waals surface area contributed by atoms with E-state index in [-0.39, 0.29) is 6.42 Å². The molecule has 0 aliphatic carbocycles. The summed E-state index contributed by atoms with van der Waals surface area (Å²) in [7, 11) is 1.61. The van der Waals surface area contributed by atoms with Gasteiger partial charge >= 0.3 is 5.97 Å². The first-order chi connectivity index (χ1) is 4.77. The Morgan fingerprint density at radius 3 is 2.70 bits per heavy atom. The Kier molecular flexibility index (Phi) is 5.62. The van der Waals surface area contributed by atoms with Crippen molar-refractivity contribution in [3.05, 3.63) is 0 Å². The first-order valence-corrected chi connectivity index (χ1v) is 3.24. The minimum atomic E-state index is -0.742. The van der Waals surface area contributed by atoms with E-state index < -0.39 is 5.97 Å². The lowest BCUT2D eigenvalue weighted by atomic mass is 10.2. The highest BCUT2D eigenvalue weighted by Gasteiger charge is 1.94. The first kappa shape index (κ1) is 9.07. The van der Waals surface area contributed by atoms with Crippen molar-refractivity contribution in [2.75, 3.05) is 13.6 Å². The highest BCUT2D eigenvalue weighted by Crippen LogP contribution is 1.94. The number of aliphatic carboxylic acids is 1. The van der Waals surface area contributed by atoms with Crippen molar-refractivity contribution >= 4 is 5.97 Å². The van der Waals surface area contributed by atoms with Crippen LogP contribution in [-0.2, 0) is 4.79 Å². The predicted molar refractivity (Wildman–Crippen MR) is 37.1 cm³/mol. The van der Waals surface area contributed by atoms with Gasteiger partial charge in [0, 0.05) is 13.5 Å². The number of carbonyl (C=O) groups is 1. The van der Waals surface area contributed by atoms with E-state index in [2.05, 4.69) is 10.2 Å². The number of unbranched alkanes of at least 4 members (excludes halogenated alkanes) is 1. The van der Waals surface area contributed by atoms with E-state index in [0.29, 0.717) is 13.0 Å². The molecule has 10 heavy (non-hydrogen) atoms.